The van der Waals surface area contributed by atoms with Crippen molar-refractivity contribution < 1.29 is 31.9 Å². The Hall–Kier alpha value is -5.86. The normalized spacial score (nSPS) is 11.2. The second-order valence-electron chi connectivity index (χ2n) is 10.5. The SMILES string of the molecule is Nc1ccc(F)c(Oc2ccc(P(=O)(c3ccc(Oc4cc(N)ccc4F)cc3)c3ccc(Oc4cc(N)ccc4F)cc3)cc2)c1. The van der Waals surface area contributed by atoms with Crippen LogP contribution in [0.4, 0.5) is 30.2 Å². The van der Waals surface area contributed by atoms with Gasteiger partial charge >= 0.3 is 0 Å². The lowest BCUT2D eigenvalue weighted by Crippen LogP contribution is -2.25. The van der Waals surface area contributed by atoms with Crippen LogP contribution in [0.15, 0.2) is 127 Å². The van der Waals surface area contributed by atoms with Crippen molar-refractivity contribution in [3.05, 3.63) is 145 Å². The lowest BCUT2D eigenvalue weighted by Gasteiger charge is -2.21. The third-order valence-electron chi connectivity index (χ3n) is 7.15. The first-order chi connectivity index (χ1) is 22.6. The first-order valence-corrected chi connectivity index (χ1v) is 15.9. The average molecular weight is 654 g/mol. The molecule has 11 heteroatoms. The topological polar surface area (TPSA) is 123 Å². The standard InChI is InChI=1S/C36H27F3N3O4P/c37-31-16-1-22(40)19-34(31)44-25-4-10-28(11-5-25)47(43,29-12-6-26(7-13-29)45-35-20-23(41)2-17-32(35)38)30-14-8-27(9-15-30)46-36-21-24(42)3-18-33(36)39/h1-21H,40-42H2. The fourth-order valence-electron chi connectivity index (χ4n) is 4.79. The van der Waals surface area contributed by atoms with Crippen LogP contribution in [-0.4, -0.2) is 0 Å². The first-order valence-electron chi connectivity index (χ1n) is 14.2. The number of halogens is 3. The van der Waals surface area contributed by atoms with E-state index in [1.165, 1.54) is 54.6 Å². The van der Waals surface area contributed by atoms with Crippen LogP contribution in [0.3, 0.4) is 0 Å². The van der Waals surface area contributed by atoms with Gasteiger partial charge in [-0.05, 0) is 109 Å². The Morgan fingerprint density at radius 2 is 0.660 bits per heavy atom. The number of ether oxygens (including phenoxy) is 3. The Morgan fingerprint density at radius 1 is 0.404 bits per heavy atom. The molecular formula is C36H27F3N3O4P. The maximum absolute atomic E-state index is 15.2. The van der Waals surface area contributed by atoms with Crippen molar-refractivity contribution >= 4 is 40.1 Å². The molecule has 0 atom stereocenters. The van der Waals surface area contributed by atoms with E-state index < -0.39 is 24.6 Å². The summed E-state index contributed by atoms with van der Waals surface area (Å²) in [5.74, 6) is -1.04. The molecule has 0 aliphatic carbocycles. The summed E-state index contributed by atoms with van der Waals surface area (Å²) in [5.41, 5.74) is 18.3. The molecule has 47 heavy (non-hydrogen) atoms. The maximum Gasteiger partial charge on any atom is 0.171 e. The number of hydrogen-bond donors (Lipinski definition) is 3. The third kappa shape index (κ3) is 6.73. The second-order valence-corrected chi connectivity index (χ2v) is 13.2. The summed E-state index contributed by atoms with van der Waals surface area (Å²) >= 11 is 0. The van der Waals surface area contributed by atoms with E-state index in [4.69, 9.17) is 31.4 Å². The highest BCUT2D eigenvalue weighted by Crippen LogP contribution is 2.44. The molecule has 0 unspecified atom stereocenters. The van der Waals surface area contributed by atoms with Gasteiger partial charge in [0.15, 0.2) is 41.8 Å². The van der Waals surface area contributed by atoms with Gasteiger partial charge in [-0.3, -0.25) is 0 Å². The van der Waals surface area contributed by atoms with E-state index in [1.807, 2.05) is 0 Å². The van der Waals surface area contributed by atoms with E-state index in [2.05, 4.69) is 0 Å². The van der Waals surface area contributed by atoms with Gasteiger partial charge in [0, 0.05) is 51.2 Å². The Labute approximate surface area is 268 Å². The fourth-order valence-corrected chi connectivity index (χ4v) is 7.40. The predicted molar refractivity (Wildman–Crippen MR) is 178 cm³/mol. The Balaban J connectivity index is 1.35. The summed E-state index contributed by atoms with van der Waals surface area (Å²) in [6, 6.07) is 31.2. The summed E-state index contributed by atoms with van der Waals surface area (Å²) in [4.78, 5) is 0. The molecule has 0 aromatic heterocycles. The van der Waals surface area contributed by atoms with Gasteiger partial charge in [0.2, 0.25) is 0 Å². The highest BCUT2D eigenvalue weighted by Gasteiger charge is 2.30. The molecule has 6 N–H and O–H groups in total. The Bertz CT molecular complexity index is 1870. The molecule has 0 spiro atoms. The van der Waals surface area contributed by atoms with Gasteiger partial charge in [0.1, 0.15) is 17.2 Å². The number of nitrogens with two attached hydrogens (primary N) is 3. The van der Waals surface area contributed by atoms with Crippen LogP contribution in [0.1, 0.15) is 0 Å². The maximum atomic E-state index is 15.2. The van der Waals surface area contributed by atoms with Crippen molar-refractivity contribution in [3.8, 4) is 34.5 Å². The molecule has 0 aliphatic rings. The molecule has 0 amide bonds. The molecule has 0 saturated carbocycles. The van der Waals surface area contributed by atoms with Crippen LogP contribution in [0.5, 0.6) is 34.5 Å². The minimum Gasteiger partial charge on any atom is -0.454 e. The van der Waals surface area contributed by atoms with Crippen molar-refractivity contribution in [1.82, 2.24) is 0 Å². The summed E-state index contributed by atoms with van der Waals surface area (Å²) in [5, 5.41) is 1.30. The third-order valence-corrected chi connectivity index (χ3v) is 10.2. The van der Waals surface area contributed by atoms with Gasteiger partial charge in [0.05, 0.1) is 0 Å². The molecule has 0 saturated heterocycles. The zero-order chi connectivity index (χ0) is 33.1. The Morgan fingerprint density at radius 3 is 0.915 bits per heavy atom. The molecule has 0 fully saturated rings. The van der Waals surface area contributed by atoms with Crippen LogP contribution in [0.2, 0.25) is 0 Å². The van der Waals surface area contributed by atoms with Gasteiger partial charge in [-0.2, -0.15) is 0 Å². The molecule has 7 nitrogen and oxygen atoms in total. The predicted octanol–water partition coefficient (Wildman–Crippen LogP) is 7.87. The molecule has 0 radical (unpaired) electrons. The number of benzene rings is 6. The molecular weight excluding hydrogens is 626 g/mol. The van der Waals surface area contributed by atoms with Gasteiger partial charge < -0.3 is 36.0 Å². The zero-order valence-electron chi connectivity index (χ0n) is 24.6. The number of nitrogen functional groups attached to an aromatic ring is 3. The van der Waals surface area contributed by atoms with Crippen LogP contribution < -0.4 is 47.3 Å². The molecule has 0 heterocycles. The van der Waals surface area contributed by atoms with E-state index >= 15 is 4.57 Å². The van der Waals surface area contributed by atoms with Crippen LogP contribution in [0, 0.1) is 17.5 Å². The summed E-state index contributed by atoms with van der Waals surface area (Å²) < 4.78 is 75.1. The number of anilines is 3. The van der Waals surface area contributed by atoms with Crippen molar-refractivity contribution in [2.75, 3.05) is 17.2 Å². The summed E-state index contributed by atoms with van der Waals surface area (Å²) in [6.45, 7) is 0. The molecule has 0 bridgehead atoms. The van der Waals surface area contributed by atoms with E-state index in [9.17, 15) is 13.2 Å². The molecule has 0 aliphatic heterocycles. The molecule has 6 rings (SSSR count). The van der Waals surface area contributed by atoms with Gasteiger partial charge in [-0.15, -0.1) is 0 Å². The quantitative estimate of drug-likeness (QED) is 0.107. The number of rotatable bonds is 9. The monoisotopic (exact) mass is 653 g/mol. The van der Waals surface area contributed by atoms with Gasteiger partial charge in [-0.25, -0.2) is 13.2 Å². The number of hydrogen-bond acceptors (Lipinski definition) is 7. The van der Waals surface area contributed by atoms with Crippen LogP contribution in [-0.2, 0) is 4.57 Å². The van der Waals surface area contributed by atoms with Crippen LogP contribution >= 0.6 is 7.14 Å². The molecule has 236 valence electrons. The van der Waals surface area contributed by atoms with Crippen LogP contribution in [0.25, 0.3) is 0 Å². The molecule has 6 aromatic carbocycles. The summed E-state index contributed by atoms with van der Waals surface area (Å²) in [7, 11) is -3.58. The van der Waals surface area contributed by atoms with Crippen molar-refractivity contribution in [2.45, 2.75) is 0 Å². The lowest BCUT2D eigenvalue weighted by atomic mass is 10.3. The van der Waals surface area contributed by atoms with E-state index in [1.54, 1.807) is 72.8 Å². The van der Waals surface area contributed by atoms with Crippen molar-refractivity contribution in [2.24, 2.45) is 0 Å². The first kappa shape index (κ1) is 31.1. The molecule has 6 aromatic rings. The van der Waals surface area contributed by atoms with Gasteiger partial charge in [-0.1, -0.05) is 0 Å². The van der Waals surface area contributed by atoms with Gasteiger partial charge in [0.25, 0.3) is 0 Å². The zero-order valence-corrected chi connectivity index (χ0v) is 25.5. The highest BCUT2D eigenvalue weighted by molar-refractivity contribution is 7.85. The highest BCUT2D eigenvalue weighted by atomic mass is 31.2. The van der Waals surface area contributed by atoms with Crippen molar-refractivity contribution in [3.63, 3.8) is 0 Å². The van der Waals surface area contributed by atoms with E-state index in [-0.39, 0.29) is 17.2 Å². The van der Waals surface area contributed by atoms with E-state index in [0.29, 0.717) is 50.2 Å². The summed E-state index contributed by atoms with van der Waals surface area (Å²) in [6.07, 6.45) is 0. The average Bonchev–Trinajstić information content (AvgIpc) is 3.07. The largest absolute Gasteiger partial charge is 0.454 e. The minimum atomic E-state index is -3.58. The van der Waals surface area contributed by atoms with E-state index in [0.717, 1.165) is 0 Å². The second kappa shape index (κ2) is 12.9. The smallest absolute Gasteiger partial charge is 0.171 e. The lowest BCUT2D eigenvalue weighted by molar-refractivity contribution is 0.443. The fraction of sp³-hybridized carbons (Fsp3) is 0. The minimum absolute atomic E-state index is 0.0553. The Kier molecular flexibility index (Phi) is 8.52. The van der Waals surface area contributed by atoms with Crippen molar-refractivity contribution in [1.29, 1.82) is 0 Å².